The van der Waals surface area contributed by atoms with Crippen LogP contribution < -0.4 is 10.9 Å². The number of anilines is 1. The number of carbonyl (C=O) groups is 1. The maximum absolute atomic E-state index is 12.1. The van der Waals surface area contributed by atoms with Crippen LogP contribution in [0, 0.1) is 0 Å². The smallest absolute Gasteiger partial charge is 0.337 e. The number of benzene rings is 1. The summed E-state index contributed by atoms with van der Waals surface area (Å²) in [5.74, 6) is -0.376. The van der Waals surface area contributed by atoms with E-state index in [2.05, 4.69) is 20.1 Å². The largest absolute Gasteiger partial charge is 0.465 e. The van der Waals surface area contributed by atoms with Gasteiger partial charge < -0.3 is 10.1 Å². The van der Waals surface area contributed by atoms with Crippen molar-refractivity contribution >= 4 is 28.0 Å². The number of methoxy groups -OCH3 is 1. The summed E-state index contributed by atoms with van der Waals surface area (Å²) in [6.07, 6.45) is 0.771. The monoisotopic (exact) mass is 344 g/mol. The molecular weight excluding hydrogens is 328 g/mol. The van der Waals surface area contributed by atoms with Crippen LogP contribution in [0.5, 0.6) is 0 Å². The van der Waals surface area contributed by atoms with Crippen molar-refractivity contribution in [2.45, 2.75) is 19.9 Å². The number of hydrogen-bond acceptors (Lipinski definition) is 7. The second-order valence-electron chi connectivity index (χ2n) is 5.05. The molecule has 0 aliphatic rings. The third kappa shape index (κ3) is 3.28. The van der Waals surface area contributed by atoms with Gasteiger partial charge in [-0.15, -0.1) is 0 Å². The topological polar surface area (TPSA) is 85.6 Å². The van der Waals surface area contributed by atoms with Crippen LogP contribution in [0.1, 0.15) is 28.0 Å². The third-order valence-electron chi connectivity index (χ3n) is 3.42. The molecule has 124 valence electrons. The van der Waals surface area contributed by atoms with Crippen LogP contribution in [-0.4, -0.2) is 27.7 Å². The highest BCUT2D eigenvalue weighted by molar-refractivity contribution is 7.16. The third-order valence-corrected chi connectivity index (χ3v) is 4.47. The Labute approximate surface area is 141 Å². The molecule has 0 saturated heterocycles. The number of rotatable bonds is 5. The minimum Gasteiger partial charge on any atom is -0.465 e. The van der Waals surface area contributed by atoms with Gasteiger partial charge in [0.1, 0.15) is 5.01 Å². The molecule has 0 unspecified atom stereocenters. The van der Waals surface area contributed by atoms with Crippen LogP contribution in [-0.2, 0) is 17.7 Å². The number of aromatic nitrogens is 3. The Morgan fingerprint density at radius 3 is 2.75 bits per heavy atom. The fourth-order valence-corrected chi connectivity index (χ4v) is 3.02. The quantitative estimate of drug-likeness (QED) is 0.714. The van der Waals surface area contributed by atoms with Gasteiger partial charge in [0.2, 0.25) is 4.96 Å². The van der Waals surface area contributed by atoms with Gasteiger partial charge in [-0.05, 0) is 30.7 Å². The Bertz CT molecular complexity index is 931. The van der Waals surface area contributed by atoms with E-state index in [1.165, 1.54) is 29.0 Å². The van der Waals surface area contributed by atoms with Crippen molar-refractivity contribution in [1.29, 1.82) is 0 Å². The van der Waals surface area contributed by atoms with Gasteiger partial charge in [0.15, 0.2) is 0 Å². The van der Waals surface area contributed by atoms with E-state index in [1.54, 1.807) is 24.3 Å². The molecule has 0 saturated carbocycles. The van der Waals surface area contributed by atoms with Crippen molar-refractivity contribution in [1.82, 2.24) is 14.6 Å². The van der Waals surface area contributed by atoms with Crippen LogP contribution in [0.3, 0.4) is 0 Å². The SMILES string of the molecule is CCc1nn2c(=O)cc(CNc3ccc(C(=O)OC)cc3)nc2s1. The van der Waals surface area contributed by atoms with Gasteiger partial charge in [-0.2, -0.15) is 9.61 Å². The second-order valence-corrected chi connectivity index (χ2v) is 6.09. The van der Waals surface area contributed by atoms with E-state index in [0.717, 1.165) is 17.1 Å². The first-order valence-corrected chi connectivity index (χ1v) is 8.23. The molecule has 0 spiro atoms. The molecule has 0 amide bonds. The first-order valence-electron chi connectivity index (χ1n) is 7.41. The predicted molar refractivity (Wildman–Crippen MR) is 91.6 cm³/mol. The maximum Gasteiger partial charge on any atom is 0.337 e. The highest BCUT2D eigenvalue weighted by atomic mass is 32.1. The van der Waals surface area contributed by atoms with E-state index in [9.17, 15) is 9.59 Å². The van der Waals surface area contributed by atoms with Crippen molar-refractivity contribution in [3.8, 4) is 0 Å². The summed E-state index contributed by atoms with van der Waals surface area (Å²) in [6, 6.07) is 8.38. The number of esters is 1. The molecule has 2 aromatic heterocycles. The highest BCUT2D eigenvalue weighted by Crippen LogP contribution is 2.14. The van der Waals surface area contributed by atoms with E-state index in [1.807, 2.05) is 6.92 Å². The van der Waals surface area contributed by atoms with E-state index in [0.29, 0.717) is 22.8 Å². The number of ether oxygens (including phenoxy) is 1. The first kappa shape index (κ1) is 16.1. The number of nitrogens with one attached hydrogen (secondary N) is 1. The lowest BCUT2D eigenvalue weighted by Gasteiger charge is -2.06. The first-order chi connectivity index (χ1) is 11.6. The van der Waals surface area contributed by atoms with E-state index >= 15 is 0 Å². The Balaban J connectivity index is 1.75. The van der Waals surface area contributed by atoms with Gasteiger partial charge in [-0.25, -0.2) is 9.78 Å². The predicted octanol–water partition coefficient (Wildman–Crippen LogP) is 2.11. The van der Waals surface area contributed by atoms with Crippen molar-refractivity contribution in [3.05, 3.63) is 57.0 Å². The van der Waals surface area contributed by atoms with Crippen molar-refractivity contribution in [2.75, 3.05) is 12.4 Å². The minimum atomic E-state index is -0.376. The van der Waals surface area contributed by atoms with Gasteiger partial charge in [0, 0.05) is 11.8 Å². The summed E-state index contributed by atoms with van der Waals surface area (Å²) in [7, 11) is 1.35. The molecule has 0 radical (unpaired) electrons. The summed E-state index contributed by atoms with van der Waals surface area (Å²) in [5.41, 5.74) is 1.76. The normalized spacial score (nSPS) is 10.8. The zero-order chi connectivity index (χ0) is 17.1. The molecular formula is C16H16N4O3S. The van der Waals surface area contributed by atoms with Crippen molar-refractivity contribution in [2.24, 2.45) is 0 Å². The van der Waals surface area contributed by atoms with E-state index < -0.39 is 0 Å². The number of aryl methyl sites for hydroxylation is 1. The molecule has 0 aliphatic heterocycles. The zero-order valence-electron chi connectivity index (χ0n) is 13.3. The summed E-state index contributed by atoms with van der Waals surface area (Å²) in [6.45, 7) is 2.39. The molecule has 0 bridgehead atoms. The average Bonchev–Trinajstić information content (AvgIpc) is 3.03. The molecule has 8 heteroatoms. The lowest BCUT2D eigenvalue weighted by atomic mass is 10.2. The second kappa shape index (κ2) is 6.79. The molecule has 0 aliphatic carbocycles. The average molecular weight is 344 g/mol. The van der Waals surface area contributed by atoms with Gasteiger partial charge in [-0.1, -0.05) is 18.3 Å². The maximum atomic E-state index is 12.1. The number of hydrogen-bond donors (Lipinski definition) is 1. The van der Waals surface area contributed by atoms with E-state index in [-0.39, 0.29) is 11.5 Å². The van der Waals surface area contributed by atoms with Gasteiger partial charge >= 0.3 is 5.97 Å². The fourth-order valence-electron chi connectivity index (χ4n) is 2.16. The summed E-state index contributed by atoms with van der Waals surface area (Å²) < 4.78 is 5.99. The molecule has 0 atom stereocenters. The molecule has 1 N–H and O–H groups in total. The number of fused-ring (bicyclic) bond motifs is 1. The standard InChI is InChI=1S/C16H16N4O3S/c1-3-13-19-20-14(21)8-12(18-16(20)24-13)9-17-11-6-4-10(5-7-11)15(22)23-2/h4-8,17H,3,9H2,1-2H3. The lowest BCUT2D eigenvalue weighted by Crippen LogP contribution is -2.16. The van der Waals surface area contributed by atoms with Crippen molar-refractivity contribution < 1.29 is 9.53 Å². The minimum absolute atomic E-state index is 0.186. The lowest BCUT2D eigenvalue weighted by molar-refractivity contribution is 0.0601. The molecule has 3 rings (SSSR count). The van der Waals surface area contributed by atoms with Crippen LogP contribution in [0.4, 0.5) is 5.69 Å². The fraction of sp³-hybridized carbons (Fsp3) is 0.250. The number of carbonyl (C=O) groups excluding carboxylic acids is 1. The zero-order valence-corrected chi connectivity index (χ0v) is 14.1. The van der Waals surface area contributed by atoms with E-state index in [4.69, 9.17) is 0 Å². The molecule has 0 fully saturated rings. The molecule has 24 heavy (non-hydrogen) atoms. The van der Waals surface area contributed by atoms with Gasteiger partial charge in [0.25, 0.3) is 5.56 Å². The van der Waals surface area contributed by atoms with Crippen LogP contribution in [0.15, 0.2) is 35.1 Å². The van der Waals surface area contributed by atoms with Crippen molar-refractivity contribution in [3.63, 3.8) is 0 Å². The molecule has 1 aromatic carbocycles. The molecule has 3 aromatic rings. The van der Waals surface area contributed by atoms with Gasteiger partial charge in [0.05, 0.1) is 24.9 Å². The summed E-state index contributed by atoms with van der Waals surface area (Å²) >= 11 is 1.42. The Morgan fingerprint density at radius 2 is 2.08 bits per heavy atom. The number of nitrogens with zero attached hydrogens (tertiary/aromatic N) is 3. The Hall–Kier alpha value is -2.74. The van der Waals surface area contributed by atoms with Crippen LogP contribution >= 0.6 is 11.3 Å². The Morgan fingerprint density at radius 1 is 1.33 bits per heavy atom. The summed E-state index contributed by atoms with van der Waals surface area (Å²) in [5, 5.41) is 8.28. The van der Waals surface area contributed by atoms with Gasteiger partial charge in [-0.3, -0.25) is 4.79 Å². The molecule has 7 nitrogen and oxygen atoms in total. The molecule has 2 heterocycles. The van der Waals surface area contributed by atoms with Crippen LogP contribution in [0.2, 0.25) is 0 Å². The Kier molecular flexibility index (Phi) is 4.57. The highest BCUT2D eigenvalue weighted by Gasteiger charge is 2.08. The van der Waals surface area contributed by atoms with Crippen LogP contribution in [0.25, 0.3) is 4.96 Å². The summed E-state index contributed by atoms with van der Waals surface area (Å²) in [4.78, 5) is 28.5.